The molecule has 0 bridgehead atoms. The Bertz CT molecular complexity index is 854. The van der Waals surface area contributed by atoms with E-state index in [4.69, 9.17) is 9.47 Å². The number of benzene rings is 1. The molecule has 1 saturated carbocycles. The summed E-state index contributed by atoms with van der Waals surface area (Å²) in [6.07, 6.45) is 2.12. The van der Waals surface area contributed by atoms with Gasteiger partial charge in [-0.1, -0.05) is 6.07 Å². The van der Waals surface area contributed by atoms with Gasteiger partial charge >= 0.3 is 12.1 Å². The third kappa shape index (κ3) is 5.05. The Balaban J connectivity index is 1.70. The summed E-state index contributed by atoms with van der Waals surface area (Å²) in [5, 5.41) is 19.1. The molecule has 1 aromatic carbocycles. The zero-order chi connectivity index (χ0) is 22.1. The maximum Gasteiger partial charge on any atom is 0.411 e. The second-order valence-corrected chi connectivity index (χ2v) is 9.41. The fraction of sp³-hybridized carbons (Fsp3) is 0.609. The number of carbonyl (C=O) groups is 2. The van der Waals surface area contributed by atoms with Crippen LogP contribution in [-0.2, 0) is 9.53 Å². The first kappa shape index (κ1) is 21.9. The molecule has 4 unspecified atom stereocenters. The standard InChI is InChI=1S/C23H30N2O5/c1-14-5-6-15(12-24)20(9-14)29-18-8-7-16-13-25(22(28)30-23(2,3)4)19(21(26)27)11-17(16)10-18/h5-6,9,16-19H,7-8,10-11,13H2,1-4H3,(H,26,27). The van der Waals surface area contributed by atoms with E-state index in [1.54, 1.807) is 26.8 Å². The van der Waals surface area contributed by atoms with Gasteiger partial charge in [-0.3, -0.25) is 4.90 Å². The molecule has 7 nitrogen and oxygen atoms in total. The Kier molecular flexibility index (Phi) is 6.25. The number of ether oxygens (including phenoxy) is 2. The van der Waals surface area contributed by atoms with E-state index in [0.29, 0.717) is 24.3 Å². The first-order chi connectivity index (χ1) is 14.1. The van der Waals surface area contributed by atoms with Crippen LogP contribution in [0.3, 0.4) is 0 Å². The lowest BCUT2D eigenvalue weighted by molar-refractivity contribution is -0.147. The van der Waals surface area contributed by atoms with Gasteiger partial charge < -0.3 is 14.6 Å². The Morgan fingerprint density at radius 3 is 2.57 bits per heavy atom. The Morgan fingerprint density at radius 2 is 1.93 bits per heavy atom. The quantitative estimate of drug-likeness (QED) is 0.798. The van der Waals surface area contributed by atoms with Crippen LogP contribution in [-0.4, -0.2) is 46.4 Å². The van der Waals surface area contributed by atoms with Crippen LogP contribution in [0, 0.1) is 30.1 Å². The number of likely N-dealkylation sites (tertiary alicyclic amines) is 1. The van der Waals surface area contributed by atoms with Crippen LogP contribution in [0.15, 0.2) is 18.2 Å². The Hall–Kier alpha value is -2.75. The van der Waals surface area contributed by atoms with E-state index < -0.39 is 23.7 Å². The minimum absolute atomic E-state index is 0.0670. The number of fused-ring (bicyclic) bond motifs is 1. The van der Waals surface area contributed by atoms with E-state index in [0.717, 1.165) is 24.8 Å². The van der Waals surface area contributed by atoms with Gasteiger partial charge in [-0.2, -0.15) is 5.26 Å². The molecule has 1 N–H and O–H groups in total. The molecular weight excluding hydrogens is 384 g/mol. The Labute approximate surface area is 177 Å². The predicted molar refractivity (Wildman–Crippen MR) is 110 cm³/mol. The molecule has 4 atom stereocenters. The van der Waals surface area contributed by atoms with Crippen molar-refractivity contribution in [3.05, 3.63) is 29.3 Å². The molecule has 1 aliphatic heterocycles. The van der Waals surface area contributed by atoms with Crippen LogP contribution >= 0.6 is 0 Å². The van der Waals surface area contributed by atoms with E-state index in [2.05, 4.69) is 6.07 Å². The molecule has 1 amide bonds. The maximum atomic E-state index is 12.6. The predicted octanol–water partition coefficient (Wildman–Crippen LogP) is 4.12. The average molecular weight is 415 g/mol. The molecule has 30 heavy (non-hydrogen) atoms. The number of hydrogen-bond donors (Lipinski definition) is 1. The molecule has 1 heterocycles. The number of hydrogen-bond acceptors (Lipinski definition) is 5. The lowest BCUT2D eigenvalue weighted by atomic mass is 9.72. The molecular formula is C23H30N2O5. The summed E-state index contributed by atoms with van der Waals surface area (Å²) in [4.78, 5) is 25.9. The van der Waals surface area contributed by atoms with Crippen molar-refractivity contribution in [2.75, 3.05) is 6.54 Å². The molecule has 1 aliphatic carbocycles. The molecule has 0 radical (unpaired) electrons. The second-order valence-electron chi connectivity index (χ2n) is 9.41. The van der Waals surface area contributed by atoms with Gasteiger partial charge in [0, 0.05) is 6.54 Å². The molecule has 1 aromatic rings. The van der Waals surface area contributed by atoms with Crippen LogP contribution in [0.5, 0.6) is 5.75 Å². The highest BCUT2D eigenvalue weighted by molar-refractivity contribution is 5.80. The van der Waals surface area contributed by atoms with Gasteiger partial charge in [0.25, 0.3) is 0 Å². The average Bonchev–Trinajstić information content (AvgIpc) is 2.65. The van der Waals surface area contributed by atoms with Crippen molar-refractivity contribution < 1.29 is 24.2 Å². The number of rotatable bonds is 3. The normalized spacial score (nSPS) is 26.3. The monoisotopic (exact) mass is 414 g/mol. The summed E-state index contributed by atoms with van der Waals surface area (Å²) in [6, 6.07) is 6.78. The highest BCUT2D eigenvalue weighted by Gasteiger charge is 2.45. The maximum absolute atomic E-state index is 12.6. The lowest BCUT2D eigenvalue weighted by Gasteiger charge is -2.46. The molecule has 0 aromatic heterocycles. The molecule has 3 rings (SSSR count). The molecule has 2 fully saturated rings. The summed E-state index contributed by atoms with van der Waals surface area (Å²) in [5.41, 5.74) is 0.856. The van der Waals surface area contributed by atoms with Gasteiger partial charge in [-0.15, -0.1) is 0 Å². The number of aryl methyl sites for hydroxylation is 1. The van der Waals surface area contributed by atoms with Crippen molar-refractivity contribution in [2.45, 2.75) is 71.1 Å². The van der Waals surface area contributed by atoms with Crippen LogP contribution in [0.4, 0.5) is 4.79 Å². The highest BCUT2D eigenvalue weighted by Crippen LogP contribution is 2.40. The molecule has 162 valence electrons. The van der Waals surface area contributed by atoms with Crippen LogP contribution in [0.1, 0.15) is 57.6 Å². The first-order valence-corrected chi connectivity index (χ1v) is 10.5. The summed E-state index contributed by atoms with van der Waals surface area (Å²) >= 11 is 0. The number of amides is 1. The zero-order valence-electron chi connectivity index (χ0n) is 18.1. The van der Waals surface area contributed by atoms with Gasteiger partial charge in [0.2, 0.25) is 0 Å². The van der Waals surface area contributed by atoms with Gasteiger partial charge in [0.05, 0.1) is 11.7 Å². The van der Waals surface area contributed by atoms with Crippen molar-refractivity contribution in [1.29, 1.82) is 5.26 Å². The minimum Gasteiger partial charge on any atom is -0.489 e. The van der Waals surface area contributed by atoms with Crippen LogP contribution < -0.4 is 4.74 Å². The minimum atomic E-state index is -1.01. The smallest absolute Gasteiger partial charge is 0.411 e. The van der Waals surface area contributed by atoms with Crippen molar-refractivity contribution in [3.63, 3.8) is 0 Å². The van der Waals surface area contributed by atoms with Crippen molar-refractivity contribution in [3.8, 4) is 11.8 Å². The summed E-state index contributed by atoms with van der Waals surface area (Å²) in [6.45, 7) is 7.66. The summed E-state index contributed by atoms with van der Waals surface area (Å²) < 4.78 is 11.6. The second kappa shape index (κ2) is 8.55. The molecule has 0 spiro atoms. The molecule has 1 saturated heterocycles. The third-order valence-corrected chi connectivity index (χ3v) is 5.89. The highest BCUT2D eigenvalue weighted by atomic mass is 16.6. The molecule has 7 heteroatoms. The van der Waals surface area contributed by atoms with E-state index in [9.17, 15) is 20.0 Å². The summed E-state index contributed by atoms with van der Waals surface area (Å²) in [7, 11) is 0. The number of carbonyl (C=O) groups excluding carboxylic acids is 1. The van der Waals surface area contributed by atoms with Crippen molar-refractivity contribution in [2.24, 2.45) is 11.8 Å². The van der Waals surface area contributed by atoms with Crippen LogP contribution in [0.2, 0.25) is 0 Å². The van der Waals surface area contributed by atoms with Gasteiger partial charge in [0.1, 0.15) is 23.5 Å². The summed E-state index contributed by atoms with van der Waals surface area (Å²) in [5.74, 6) is -0.0467. The fourth-order valence-electron chi connectivity index (χ4n) is 4.47. The van der Waals surface area contributed by atoms with E-state index in [1.807, 2.05) is 19.1 Å². The third-order valence-electron chi connectivity index (χ3n) is 5.89. The number of carboxylic acid groups (broad SMARTS) is 1. The zero-order valence-corrected chi connectivity index (χ0v) is 18.1. The van der Waals surface area contributed by atoms with Crippen LogP contribution in [0.25, 0.3) is 0 Å². The Morgan fingerprint density at radius 1 is 1.20 bits per heavy atom. The number of aliphatic carboxylic acids is 1. The van der Waals surface area contributed by atoms with Gasteiger partial charge in [-0.05, 0) is 82.9 Å². The largest absolute Gasteiger partial charge is 0.489 e. The first-order valence-electron chi connectivity index (χ1n) is 10.5. The van der Waals surface area contributed by atoms with Crippen molar-refractivity contribution in [1.82, 2.24) is 4.90 Å². The van der Waals surface area contributed by atoms with E-state index >= 15 is 0 Å². The van der Waals surface area contributed by atoms with Gasteiger partial charge in [0.15, 0.2) is 0 Å². The topological polar surface area (TPSA) is 99.9 Å². The van der Waals surface area contributed by atoms with E-state index in [-0.39, 0.29) is 17.9 Å². The number of nitrogens with zero attached hydrogens (tertiary/aromatic N) is 2. The van der Waals surface area contributed by atoms with Gasteiger partial charge in [-0.25, -0.2) is 9.59 Å². The lowest BCUT2D eigenvalue weighted by Crippen LogP contribution is -2.56. The fourth-order valence-corrected chi connectivity index (χ4v) is 4.47. The van der Waals surface area contributed by atoms with E-state index in [1.165, 1.54) is 4.90 Å². The SMILES string of the molecule is Cc1ccc(C#N)c(OC2CCC3CN(C(=O)OC(C)(C)C)C(C(=O)O)CC3C2)c1. The number of carboxylic acids is 1. The number of piperidine rings is 1. The number of nitriles is 1. The van der Waals surface area contributed by atoms with Crippen molar-refractivity contribution >= 4 is 12.1 Å². The molecule has 2 aliphatic rings.